The predicted molar refractivity (Wildman–Crippen MR) is 131 cm³/mol. The van der Waals surface area contributed by atoms with Crippen LogP contribution in [0.3, 0.4) is 0 Å². The molecule has 2 aromatic carbocycles. The third-order valence-electron chi connectivity index (χ3n) is 6.74. The smallest absolute Gasteiger partial charge is 0.366 e. The third kappa shape index (κ3) is 4.90. The molecule has 1 fully saturated rings. The number of amides is 3. The normalized spacial score (nSPS) is 18.9. The van der Waals surface area contributed by atoms with Crippen LogP contribution in [-0.2, 0) is 15.8 Å². The van der Waals surface area contributed by atoms with Gasteiger partial charge >= 0.3 is 6.18 Å². The van der Waals surface area contributed by atoms with E-state index in [1.165, 1.54) is 17.0 Å². The molecule has 0 radical (unpaired) electrons. The number of carbonyl (C=O) groups excluding carboxylic acids is 3. The van der Waals surface area contributed by atoms with Gasteiger partial charge in [-0.15, -0.1) is 5.10 Å². The van der Waals surface area contributed by atoms with Gasteiger partial charge in [-0.2, -0.15) is 13.2 Å². The van der Waals surface area contributed by atoms with Crippen molar-refractivity contribution in [1.29, 1.82) is 0 Å². The molecule has 0 spiro atoms. The third-order valence-corrected chi connectivity index (χ3v) is 7.03. The lowest BCUT2D eigenvalue weighted by Crippen LogP contribution is -2.48. The number of hydrogen-bond acceptors (Lipinski definition) is 5. The fourth-order valence-corrected chi connectivity index (χ4v) is 5.11. The fraction of sp³-hybridized carbons (Fsp3) is 0.240. The number of alkyl halides is 3. The lowest BCUT2D eigenvalue weighted by molar-refractivity contribution is -0.141. The number of carbonyl (C=O) groups is 3. The average Bonchev–Trinajstić information content (AvgIpc) is 3.53. The van der Waals surface area contributed by atoms with Crippen LogP contribution >= 0.6 is 11.6 Å². The van der Waals surface area contributed by atoms with Crippen molar-refractivity contribution in [2.45, 2.75) is 37.5 Å². The van der Waals surface area contributed by atoms with Gasteiger partial charge in [0.1, 0.15) is 11.9 Å². The van der Waals surface area contributed by atoms with Crippen LogP contribution in [0.1, 0.15) is 40.9 Å². The quantitative estimate of drug-likeness (QED) is 0.440. The predicted octanol–water partition coefficient (Wildman–Crippen LogP) is 4.10. The van der Waals surface area contributed by atoms with Crippen molar-refractivity contribution in [2.24, 2.45) is 5.73 Å². The molecule has 40 heavy (non-hydrogen) atoms. The molecule has 0 unspecified atom stereocenters. The maximum Gasteiger partial charge on any atom is 0.436 e. The van der Waals surface area contributed by atoms with Gasteiger partial charge < -0.3 is 16.0 Å². The van der Waals surface area contributed by atoms with Crippen molar-refractivity contribution in [2.75, 3.05) is 5.32 Å². The number of nitrogens with one attached hydrogen (secondary N) is 1. The van der Waals surface area contributed by atoms with Gasteiger partial charge in [-0.1, -0.05) is 16.8 Å². The molecule has 0 bridgehead atoms. The highest BCUT2D eigenvalue weighted by Gasteiger charge is 2.43. The molecule has 3 heterocycles. The molecule has 15 heteroatoms. The number of fused-ring (bicyclic) bond motifs is 1. The van der Waals surface area contributed by atoms with Crippen LogP contribution in [-0.4, -0.2) is 49.7 Å². The summed E-state index contributed by atoms with van der Waals surface area (Å²) in [6, 6.07) is 4.29. The number of nitrogens with zero attached hydrogens (tertiary/aromatic N) is 4. The van der Waals surface area contributed by atoms with Crippen LogP contribution in [0.4, 0.5) is 27.6 Å². The zero-order valence-corrected chi connectivity index (χ0v) is 20.9. The van der Waals surface area contributed by atoms with Crippen molar-refractivity contribution < 1.29 is 36.3 Å². The minimum absolute atomic E-state index is 0.0494. The number of anilines is 1. The van der Waals surface area contributed by atoms with Crippen LogP contribution in [0.5, 0.6) is 0 Å². The lowest BCUT2D eigenvalue weighted by atomic mass is 9.92. The number of aromatic nitrogens is 3. The second-order valence-electron chi connectivity index (χ2n) is 9.22. The molecule has 2 aliphatic rings. The zero-order chi connectivity index (χ0) is 28.9. The van der Waals surface area contributed by atoms with Gasteiger partial charge in [0.15, 0.2) is 11.5 Å². The van der Waals surface area contributed by atoms with Crippen LogP contribution in [0.25, 0.3) is 11.3 Å². The van der Waals surface area contributed by atoms with E-state index in [-0.39, 0.29) is 45.9 Å². The van der Waals surface area contributed by atoms with Gasteiger partial charge in [0.2, 0.25) is 11.8 Å². The number of halogens is 6. The zero-order valence-electron chi connectivity index (χ0n) is 20.2. The molecule has 208 valence electrons. The number of nitrogens with two attached hydrogens (primary N) is 1. The molecule has 1 saturated heterocycles. The molecule has 3 N–H and O–H groups in total. The summed E-state index contributed by atoms with van der Waals surface area (Å²) in [4.78, 5) is 38.7. The maximum absolute atomic E-state index is 15.3. The van der Waals surface area contributed by atoms with Crippen LogP contribution < -0.4 is 11.1 Å². The summed E-state index contributed by atoms with van der Waals surface area (Å²) in [5.41, 5.74) is 3.34. The molecule has 3 aromatic rings. The summed E-state index contributed by atoms with van der Waals surface area (Å²) >= 11 is 5.97. The van der Waals surface area contributed by atoms with Crippen LogP contribution in [0.15, 0.2) is 42.6 Å². The van der Waals surface area contributed by atoms with Gasteiger partial charge in [0.05, 0.1) is 22.5 Å². The Morgan fingerprint density at radius 1 is 1.12 bits per heavy atom. The van der Waals surface area contributed by atoms with Crippen molar-refractivity contribution in [3.8, 4) is 5.69 Å². The van der Waals surface area contributed by atoms with E-state index in [0.717, 1.165) is 29.0 Å². The van der Waals surface area contributed by atoms with Crippen molar-refractivity contribution in [3.05, 3.63) is 76.1 Å². The first-order valence-corrected chi connectivity index (χ1v) is 12.1. The van der Waals surface area contributed by atoms with Crippen molar-refractivity contribution in [3.63, 3.8) is 0 Å². The Labute approximate surface area is 227 Å². The van der Waals surface area contributed by atoms with Gasteiger partial charge in [-0.05, 0) is 55.2 Å². The molecule has 9 nitrogen and oxygen atoms in total. The SMILES string of the molecule is NC(=O)c1ccc(NC(=O)[C@@H]2CC[C@@H]3CC(c4c(-n5cc(C(F)(F)F)nn5)ccc(Cl)c4F)=CC(=O)N32)cc1F. The summed E-state index contributed by atoms with van der Waals surface area (Å²) in [5.74, 6) is -4.08. The highest BCUT2D eigenvalue weighted by molar-refractivity contribution is 6.31. The molecular formula is C25H18ClF5N6O3. The van der Waals surface area contributed by atoms with E-state index in [2.05, 4.69) is 15.6 Å². The molecule has 2 atom stereocenters. The first-order chi connectivity index (χ1) is 18.8. The Morgan fingerprint density at radius 2 is 1.88 bits per heavy atom. The van der Waals surface area contributed by atoms with Gasteiger partial charge in [-0.25, -0.2) is 13.5 Å². The van der Waals surface area contributed by atoms with E-state index in [1.54, 1.807) is 0 Å². The van der Waals surface area contributed by atoms with Gasteiger partial charge in [-0.3, -0.25) is 14.4 Å². The van der Waals surface area contributed by atoms with Gasteiger partial charge in [0, 0.05) is 23.4 Å². The van der Waals surface area contributed by atoms with Crippen molar-refractivity contribution in [1.82, 2.24) is 19.9 Å². The summed E-state index contributed by atoms with van der Waals surface area (Å²) < 4.78 is 69.4. The molecular weight excluding hydrogens is 563 g/mol. The first kappa shape index (κ1) is 27.2. The Morgan fingerprint density at radius 3 is 2.52 bits per heavy atom. The average molecular weight is 581 g/mol. The van der Waals surface area contributed by atoms with Crippen LogP contribution in [0, 0.1) is 11.6 Å². The number of hydrogen-bond donors (Lipinski definition) is 2. The largest absolute Gasteiger partial charge is 0.436 e. The second-order valence-corrected chi connectivity index (χ2v) is 9.62. The highest BCUT2D eigenvalue weighted by Crippen LogP contribution is 2.40. The van der Waals surface area contributed by atoms with E-state index < -0.39 is 53.3 Å². The standard InChI is InChI=1S/C25H18ClF5N6O3/c26-15-4-6-17(36-10-19(34-35-36)25(29,30)31)21(22(15)28)11-7-13-2-5-18(37(13)20(38)8-11)24(40)33-12-1-3-14(23(32)39)16(27)9-12/h1,3-4,6,8-10,13,18H,2,5,7H2,(H2,32,39)(H,33,40)/t13-,18+/m1/s1. The Kier molecular flexibility index (Phi) is 6.82. The van der Waals surface area contributed by atoms with Crippen molar-refractivity contribution >= 4 is 40.6 Å². The minimum Gasteiger partial charge on any atom is -0.366 e. The summed E-state index contributed by atoms with van der Waals surface area (Å²) in [6.45, 7) is 0. The minimum atomic E-state index is -4.78. The molecule has 3 amide bonds. The Bertz CT molecular complexity index is 1590. The molecule has 2 aliphatic heterocycles. The molecule has 5 rings (SSSR count). The second kappa shape index (κ2) is 10.0. The monoisotopic (exact) mass is 580 g/mol. The lowest BCUT2D eigenvalue weighted by Gasteiger charge is -2.33. The van der Waals surface area contributed by atoms with E-state index in [1.807, 2.05) is 0 Å². The summed E-state index contributed by atoms with van der Waals surface area (Å²) in [6.07, 6.45) is -2.41. The van der Waals surface area contributed by atoms with E-state index in [9.17, 15) is 31.9 Å². The highest BCUT2D eigenvalue weighted by atomic mass is 35.5. The maximum atomic E-state index is 15.3. The topological polar surface area (TPSA) is 123 Å². The Hall–Kier alpha value is -4.33. The van der Waals surface area contributed by atoms with E-state index in [0.29, 0.717) is 12.6 Å². The van der Waals surface area contributed by atoms with Crippen LogP contribution in [0.2, 0.25) is 5.02 Å². The molecule has 1 aromatic heterocycles. The molecule has 0 aliphatic carbocycles. The number of benzene rings is 2. The molecule has 0 saturated carbocycles. The van der Waals surface area contributed by atoms with E-state index >= 15 is 4.39 Å². The number of rotatable bonds is 5. The first-order valence-electron chi connectivity index (χ1n) is 11.8. The number of primary amides is 1. The Balaban J connectivity index is 1.42. The fourth-order valence-electron chi connectivity index (χ4n) is 4.95. The summed E-state index contributed by atoms with van der Waals surface area (Å²) in [5, 5.41) is 8.77. The van der Waals surface area contributed by atoms with E-state index in [4.69, 9.17) is 17.3 Å². The van der Waals surface area contributed by atoms with Gasteiger partial charge in [0.25, 0.3) is 5.91 Å². The summed E-state index contributed by atoms with van der Waals surface area (Å²) in [7, 11) is 0.